The number of benzene rings is 2. The van der Waals surface area contributed by atoms with Gasteiger partial charge in [0.2, 0.25) is 5.95 Å². The van der Waals surface area contributed by atoms with Crippen LogP contribution in [0.15, 0.2) is 48.5 Å². The normalized spacial score (nSPS) is 15.3. The summed E-state index contributed by atoms with van der Waals surface area (Å²) < 4.78 is 20.9. The number of imidazole rings is 1. The number of para-hydroxylation sites is 2. The third-order valence-corrected chi connectivity index (χ3v) is 5.39. The number of nitrogens with zero attached hydrogens (tertiary/aromatic N) is 3. The number of carbonyl (C=O) groups excluding carboxylic acids is 1. The second-order valence-electron chi connectivity index (χ2n) is 9.02. The SMILES string of the molecule is CC(C)(C)OC(=O)NC1CCN(c2nc3ccccc3n2Cc2ccc(F)cc2)CC1. The van der Waals surface area contributed by atoms with Crippen LogP contribution in [0.4, 0.5) is 15.1 Å². The van der Waals surface area contributed by atoms with Crippen molar-refractivity contribution in [1.29, 1.82) is 0 Å². The van der Waals surface area contributed by atoms with E-state index in [1.807, 2.05) is 51.1 Å². The van der Waals surface area contributed by atoms with E-state index in [-0.39, 0.29) is 18.0 Å². The Morgan fingerprint density at radius 3 is 2.48 bits per heavy atom. The van der Waals surface area contributed by atoms with Gasteiger partial charge < -0.3 is 19.5 Å². The summed E-state index contributed by atoms with van der Waals surface area (Å²) in [5.74, 6) is 0.667. The fourth-order valence-corrected chi connectivity index (χ4v) is 3.93. The number of nitrogens with one attached hydrogen (secondary N) is 1. The molecule has 1 saturated heterocycles. The first kappa shape index (κ1) is 21.2. The van der Waals surface area contributed by atoms with Gasteiger partial charge in [0.15, 0.2) is 0 Å². The van der Waals surface area contributed by atoms with Gasteiger partial charge >= 0.3 is 6.09 Å². The van der Waals surface area contributed by atoms with Crippen LogP contribution in [0, 0.1) is 5.82 Å². The van der Waals surface area contributed by atoms with Crippen LogP contribution >= 0.6 is 0 Å². The molecule has 1 aliphatic heterocycles. The maximum absolute atomic E-state index is 13.3. The van der Waals surface area contributed by atoms with Crippen molar-refractivity contribution < 1.29 is 13.9 Å². The number of piperidine rings is 1. The lowest BCUT2D eigenvalue weighted by Gasteiger charge is -2.33. The predicted octanol–water partition coefficient (Wildman–Crippen LogP) is 4.72. The molecule has 0 saturated carbocycles. The summed E-state index contributed by atoms with van der Waals surface area (Å²) in [4.78, 5) is 19.2. The first-order valence-corrected chi connectivity index (χ1v) is 10.7. The lowest BCUT2D eigenvalue weighted by atomic mass is 10.1. The lowest BCUT2D eigenvalue weighted by molar-refractivity contribution is 0.0497. The number of halogens is 1. The van der Waals surface area contributed by atoms with Crippen molar-refractivity contribution in [3.8, 4) is 0 Å². The number of aromatic nitrogens is 2. The molecule has 0 aliphatic carbocycles. The maximum atomic E-state index is 13.3. The fraction of sp³-hybridized carbons (Fsp3) is 0.417. The van der Waals surface area contributed by atoms with Crippen molar-refractivity contribution in [2.24, 2.45) is 0 Å². The molecule has 6 nitrogen and oxygen atoms in total. The first-order valence-electron chi connectivity index (χ1n) is 10.7. The highest BCUT2D eigenvalue weighted by molar-refractivity contribution is 5.79. The molecule has 1 amide bonds. The molecule has 3 aromatic rings. The van der Waals surface area contributed by atoms with Gasteiger partial charge in [0.1, 0.15) is 11.4 Å². The zero-order chi connectivity index (χ0) is 22.0. The molecule has 4 rings (SSSR count). The van der Waals surface area contributed by atoms with E-state index in [9.17, 15) is 9.18 Å². The maximum Gasteiger partial charge on any atom is 0.407 e. The Kier molecular flexibility index (Phi) is 5.85. The van der Waals surface area contributed by atoms with Crippen LogP contribution in [0.2, 0.25) is 0 Å². The number of rotatable bonds is 4. The Hall–Kier alpha value is -3.09. The predicted molar refractivity (Wildman–Crippen MR) is 120 cm³/mol. The van der Waals surface area contributed by atoms with E-state index < -0.39 is 5.60 Å². The number of anilines is 1. The van der Waals surface area contributed by atoms with E-state index >= 15 is 0 Å². The highest BCUT2D eigenvalue weighted by Crippen LogP contribution is 2.26. The van der Waals surface area contributed by atoms with Crippen molar-refractivity contribution in [3.63, 3.8) is 0 Å². The number of ether oxygens (including phenoxy) is 1. The van der Waals surface area contributed by atoms with E-state index in [1.54, 1.807) is 0 Å². The average molecular weight is 425 g/mol. The molecule has 0 radical (unpaired) electrons. The molecular formula is C24H29FN4O2. The monoisotopic (exact) mass is 424 g/mol. The molecule has 0 bridgehead atoms. The zero-order valence-corrected chi connectivity index (χ0v) is 18.3. The van der Waals surface area contributed by atoms with E-state index in [2.05, 4.69) is 20.9 Å². The van der Waals surface area contributed by atoms with E-state index in [1.165, 1.54) is 12.1 Å². The van der Waals surface area contributed by atoms with Gasteiger partial charge in [-0.25, -0.2) is 14.2 Å². The second kappa shape index (κ2) is 8.57. The van der Waals surface area contributed by atoms with Gasteiger partial charge in [-0.05, 0) is 63.4 Å². The fourth-order valence-electron chi connectivity index (χ4n) is 3.93. The molecule has 1 aliphatic rings. The number of carbonyl (C=O) groups is 1. The highest BCUT2D eigenvalue weighted by Gasteiger charge is 2.26. The molecule has 31 heavy (non-hydrogen) atoms. The molecule has 2 aromatic carbocycles. The van der Waals surface area contributed by atoms with Crippen LogP contribution in [0.5, 0.6) is 0 Å². The minimum atomic E-state index is -0.504. The van der Waals surface area contributed by atoms with Gasteiger partial charge in [0.05, 0.1) is 17.6 Å². The van der Waals surface area contributed by atoms with Crippen LogP contribution < -0.4 is 10.2 Å². The van der Waals surface area contributed by atoms with E-state index in [0.29, 0.717) is 6.54 Å². The topological polar surface area (TPSA) is 59.4 Å². The van der Waals surface area contributed by atoms with E-state index in [0.717, 1.165) is 48.5 Å². The van der Waals surface area contributed by atoms with Crippen LogP contribution in [-0.2, 0) is 11.3 Å². The molecule has 0 atom stereocenters. The smallest absolute Gasteiger partial charge is 0.407 e. The van der Waals surface area contributed by atoms with Crippen molar-refractivity contribution in [2.75, 3.05) is 18.0 Å². The van der Waals surface area contributed by atoms with Gasteiger partial charge in [-0.2, -0.15) is 0 Å². The Bertz CT molecular complexity index is 1050. The Morgan fingerprint density at radius 1 is 1.13 bits per heavy atom. The number of hydrogen-bond acceptors (Lipinski definition) is 4. The lowest BCUT2D eigenvalue weighted by Crippen LogP contribution is -2.46. The number of fused-ring (bicyclic) bond motifs is 1. The molecule has 0 spiro atoms. The van der Waals surface area contributed by atoms with Crippen LogP contribution in [0.25, 0.3) is 11.0 Å². The molecule has 1 fully saturated rings. The van der Waals surface area contributed by atoms with Crippen LogP contribution in [0.3, 0.4) is 0 Å². The summed E-state index contributed by atoms with van der Waals surface area (Å²) in [7, 11) is 0. The standard InChI is InChI=1S/C24H29FN4O2/c1-24(2,3)31-23(30)26-19-12-14-28(15-13-19)22-27-20-6-4-5-7-21(20)29(22)16-17-8-10-18(25)11-9-17/h4-11,19H,12-16H2,1-3H3,(H,26,30). The summed E-state index contributed by atoms with van der Waals surface area (Å²) >= 11 is 0. The summed E-state index contributed by atoms with van der Waals surface area (Å²) in [6.45, 7) is 7.77. The van der Waals surface area contributed by atoms with Crippen molar-refractivity contribution in [1.82, 2.24) is 14.9 Å². The van der Waals surface area contributed by atoms with Gasteiger partial charge in [-0.1, -0.05) is 24.3 Å². The molecule has 164 valence electrons. The van der Waals surface area contributed by atoms with Crippen LogP contribution in [0.1, 0.15) is 39.2 Å². The van der Waals surface area contributed by atoms with Gasteiger partial charge in [-0.15, -0.1) is 0 Å². The molecule has 0 unspecified atom stereocenters. The number of amides is 1. The minimum absolute atomic E-state index is 0.0843. The Labute approximate surface area is 182 Å². The van der Waals surface area contributed by atoms with Gasteiger partial charge in [0, 0.05) is 19.1 Å². The third-order valence-electron chi connectivity index (χ3n) is 5.39. The highest BCUT2D eigenvalue weighted by atomic mass is 19.1. The van der Waals surface area contributed by atoms with E-state index in [4.69, 9.17) is 9.72 Å². The molecule has 2 heterocycles. The Balaban J connectivity index is 1.50. The average Bonchev–Trinajstić information content (AvgIpc) is 3.07. The quantitative estimate of drug-likeness (QED) is 0.659. The largest absolute Gasteiger partial charge is 0.444 e. The molecule has 1 N–H and O–H groups in total. The molecular weight excluding hydrogens is 395 g/mol. The van der Waals surface area contributed by atoms with Crippen molar-refractivity contribution in [2.45, 2.75) is 51.8 Å². The van der Waals surface area contributed by atoms with Crippen molar-refractivity contribution in [3.05, 3.63) is 59.9 Å². The first-order chi connectivity index (χ1) is 14.8. The number of alkyl carbamates (subject to hydrolysis) is 1. The summed E-state index contributed by atoms with van der Waals surface area (Å²) in [5, 5.41) is 2.98. The second-order valence-corrected chi connectivity index (χ2v) is 9.02. The molecule has 1 aromatic heterocycles. The van der Waals surface area contributed by atoms with Gasteiger partial charge in [0.25, 0.3) is 0 Å². The molecule has 7 heteroatoms. The minimum Gasteiger partial charge on any atom is -0.444 e. The van der Waals surface area contributed by atoms with Crippen molar-refractivity contribution >= 4 is 23.1 Å². The third kappa shape index (κ3) is 5.16. The summed E-state index contributed by atoms with van der Waals surface area (Å²) in [6.07, 6.45) is 1.27. The zero-order valence-electron chi connectivity index (χ0n) is 18.3. The number of hydrogen-bond donors (Lipinski definition) is 1. The summed E-state index contributed by atoms with van der Waals surface area (Å²) in [6, 6.07) is 14.7. The summed E-state index contributed by atoms with van der Waals surface area (Å²) in [5.41, 5.74) is 2.51. The Morgan fingerprint density at radius 2 is 1.81 bits per heavy atom. The van der Waals surface area contributed by atoms with Crippen LogP contribution in [-0.4, -0.2) is 40.4 Å². The van der Waals surface area contributed by atoms with Gasteiger partial charge in [-0.3, -0.25) is 0 Å².